The van der Waals surface area contributed by atoms with Crippen molar-refractivity contribution in [3.05, 3.63) is 83.9 Å². The molecule has 0 spiro atoms. The third-order valence-electron chi connectivity index (χ3n) is 4.26. The smallest absolute Gasteiger partial charge is 0.274 e. The quantitative estimate of drug-likeness (QED) is 0.782. The molecule has 3 aromatic rings. The molecule has 0 unspecified atom stereocenters. The molecule has 0 aliphatic carbocycles. The number of pyridine rings is 1. The van der Waals surface area contributed by atoms with Crippen molar-refractivity contribution >= 4 is 23.0 Å². The third-order valence-corrected chi connectivity index (χ3v) is 4.26. The number of para-hydroxylation sites is 1. The number of aromatic nitrogens is 1. The molecule has 1 N–H and O–H groups in total. The summed E-state index contributed by atoms with van der Waals surface area (Å²) in [4.78, 5) is 18.7. The molecule has 0 bridgehead atoms. The van der Waals surface area contributed by atoms with Gasteiger partial charge in [-0.25, -0.2) is 9.37 Å². The van der Waals surface area contributed by atoms with Crippen molar-refractivity contribution in [3.8, 4) is 0 Å². The maximum Gasteiger partial charge on any atom is 0.274 e. The molecule has 2 heterocycles. The van der Waals surface area contributed by atoms with Crippen LogP contribution < -0.4 is 10.2 Å². The summed E-state index contributed by atoms with van der Waals surface area (Å²) in [7, 11) is 0. The number of nitrogens with one attached hydrogen (secondary N) is 1. The fourth-order valence-corrected chi connectivity index (χ4v) is 3.05. The molecule has 1 aliphatic heterocycles. The molecule has 4 rings (SSSR count). The van der Waals surface area contributed by atoms with Gasteiger partial charge in [0, 0.05) is 17.9 Å². The molecule has 1 aromatic heterocycles. The maximum absolute atomic E-state index is 13.2. The fraction of sp³-hybridized carbons (Fsp3) is 0.100. The van der Waals surface area contributed by atoms with Gasteiger partial charge < -0.3 is 10.2 Å². The summed E-state index contributed by atoms with van der Waals surface area (Å²) in [5.41, 5.74) is 4.15. The monoisotopic (exact) mass is 333 g/mol. The number of hydrogen-bond acceptors (Lipinski definition) is 3. The summed E-state index contributed by atoms with van der Waals surface area (Å²) >= 11 is 0. The highest BCUT2D eigenvalue weighted by Crippen LogP contribution is 2.33. The molecule has 0 saturated carbocycles. The molecule has 5 heteroatoms. The van der Waals surface area contributed by atoms with Crippen molar-refractivity contribution in [2.45, 2.75) is 6.42 Å². The van der Waals surface area contributed by atoms with Gasteiger partial charge in [0.1, 0.15) is 11.5 Å². The number of rotatable bonds is 3. The van der Waals surface area contributed by atoms with Crippen LogP contribution in [0.5, 0.6) is 0 Å². The lowest BCUT2D eigenvalue weighted by Crippen LogP contribution is -2.16. The van der Waals surface area contributed by atoms with E-state index in [9.17, 15) is 9.18 Å². The Labute approximate surface area is 144 Å². The van der Waals surface area contributed by atoms with Gasteiger partial charge in [0.2, 0.25) is 0 Å². The molecular weight excluding hydrogens is 317 g/mol. The van der Waals surface area contributed by atoms with Crippen LogP contribution in [0.3, 0.4) is 0 Å². The largest absolute Gasteiger partial charge is 0.340 e. The topological polar surface area (TPSA) is 45.2 Å². The van der Waals surface area contributed by atoms with Crippen LogP contribution in [-0.2, 0) is 6.42 Å². The Morgan fingerprint density at radius 3 is 2.76 bits per heavy atom. The first-order chi connectivity index (χ1) is 12.2. The minimum absolute atomic E-state index is 0.292. The predicted molar refractivity (Wildman–Crippen MR) is 95.7 cm³/mol. The first-order valence-electron chi connectivity index (χ1n) is 8.09. The van der Waals surface area contributed by atoms with Crippen LogP contribution in [0.4, 0.5) is 21.5 Å². The summed E-state index contributed by atoms with van der Waals surface area (Å²) in [6.45, 7) is 0.899. The SMILES string of the molecule is O=C(Nc1cccc(F)c1)c1ccc(N2CCc3ccccc32)cn1. The first-order valence-corrected chi connectivity index (χ1v) is 8.09. The Hall–Kier alpha value is -3.21. The number of hydrogen-bond donors (Lipinski definition) is 1. The van der Waals surface area contributed by atoms with Gasteiger partial charge in [0.25, 0.3) is 5.91 Å². The van der Waals surface area contributed by atoms with E-state index in [1.807, 2.05) is 18.2 Å². The minimum atomic E-state index is -0.395. The Kier molecular flexibility index (Phi) is 3.90. The molecule has 0 radical (unpaired) electrons. The van der Waals surface area contributed by atoms with Crippen LogP contribution in [-0.4, -0.2) is 17.4 Å². The molecule has 124 valence electrons. The molecule has 4 nitrogen and oxygen atoms in total. The molecule has 1 aliphatic rings. The lowest BCUT2D eigenvalue weighted by molar-refractivity contribution is 0.102. The maximum atomic E-state index is 13.2. The molecule has 0 atom stereocenters. The fourth-order valence-electron chi connectivity index (χ4n) is 3.05. The standard InChI is InChI=1S/C20H16FN3O/c21-15-5-3-6-16(12-15)23-20(25)18-9-8-17(13-22-18)24-11-10-14-4-1-2-7-19(14)24/h1-9,12-13H,10-11H2,(H,23,25). The number of halogens is 1. The average Bonchev–Trinajstić information content (AvgIpc) is 3.06. The predicted octanol–water partition coefficient (Wildman–Crippen LogP) is 4.17. The number of fused-ring (bicyclic) bond motifs is 1. The van der Waals surface area contributed by atoms with Crippen LogP contribution in [0.1, 0.15) is 16.1 Å². The van der Waals surface area contributed by atoms with Gasteiger partial charge >= 0.3 is 0 Å². The minimum Gasteiger partial charge on any atom is -0.340 e. The number of amides is 1. The van der Waals surface area contributed by atoms with Crippen LogP contribution in [0.2, 0.25) is 0 Å². The van der Waals surface area contributed by atoms with Gasteiger partial charge in [-0.15, -0.1) is 0 Å². The molecule has 25 heavy (non-hydrogen) atoms. The van der Waals surface area contributed by atoms with Gasteiger partial charge in [0.15, 0.2) is 0 Å². The first kappa shape index (κ1) is 15.3. The molecular formula is C20H16FN3O. The zero-order chi connectivity index (χ0) is 17.2. The number of benzene rings is 2. The summed E-state index contributed by atoms with van der Waals surface area (Å²) in [5.74, 6) is -0.757. The normalized spacial score (nSPS) is 12.8. The molecule has 0 saturated heterocycles. The molecule has 1 amide bonds. The Morgan fingerprint density at radius 1 is 1.08 bits per heavy atom. The third kappa shape index (κ3) is 3.08. The second kappa shape index (κ2) is 6.36. The molecule has 0 fully saturated rings. The molecule has 2 aromatic carbocycles. The van der Waals surface area contributed by atoms with E-state index in [1.54, 1.807) is 24.4 Å². The van der Waals surface area contributed by atoms with E-state index < -0.39 is 5.82 Å². The van der Waals surface area contributed by atoms with Crippen molar-refractivity contribution in [1.82, 2.24) is 4.98 Å². The van der Waals surface area contributed by atoms with Crippen LogP contribution in [0.15, 0.2) is 66.9 Å². The summed E-state index contributed by atoms with van der Waals surface area (Å²) in [6, 6.07) is 17.6. The lowest BCUT2D eigenvalue weighted by Gasteiger charge is -2.19. The highest BCUT2D eigenvalue weighted by atomic mass is 19.1. The van der Waals surface area contributed by atoms with Gasteiger partial charge in [-0.1, -0.05) is 24.3 Å². The van der Waals surface area contributed by atoms with Gasteiger partial charge in [-0.3, -0.25) is 4.79 Å². The number of carbonyl (C=O) groups is 1. The van der Waals surface area contributed by atoms with Crippen LogP contribution >= 0.6 is 0 Å². The van der Waals surface area contributed by atoms with E-state index in [-0.39, 0.29) is 5.91 Å². The van der Waals surface area contributed by atoms with E-state index in [0.29, 0.717) is 11.4 Å². The number of carbonyl (C=O) groups excluding carboxylic acids is 1. The van der Waals surface area contributed by atoms with E-state index in [4.69, 9.17) is 0 Å². The average molecular weight is 333 g/mol. The number of anilines is 3. The Balaban J connectivity index is 1.52. The number of nitrogens with zero attached hydrogens (tertiary/aromatic N) is 2. The van der Waals surface area contributed by atoms with Crippen molar-refractivity contribution in [2.75, 3.05) is 16.8 Å². The van der Waals surface area contributed by atoms with E-state index in [2.05, 4.69) is 27.3 Å². The van der Waals surface area contributed by atoms with Crippen LogP contribution in [0.25, 0.3) is 0 Å². The van der Waals surface area contributed by atoms with E-state index >= 15 is 0 Å². The Morgan fingerprint density at radius 2 is 1.96 bits per heavy atom. The van der Waals surface area contributed by atoms with Crippen molar-refractivity contribution < 1.29 is 9.18 Å². The summed E-state index contributed by atoms with van der Waals surface area (Å²) < 4.78 is 13.2. The second-order valence-corrected chi connectivity index (χ2v) is 5.90. The van der Waals surface area contributed by atoms with E-state index in [0.717, 1.165) is 18.7 Å². The van der Waals surface area contributed by atoms with Gasteiger partial charge in [0.05, 0.1) is 11.9 Å². The summed E-state index contributed by atoms with van der Waals surface area (Å²) in [6.07, 6.45) is 2.70. The van der Waals surface area contributed by atoms with Gasteiger partial charge in [-0.05, 0) is 48.4 Å². The zero-order valence-electron chi connectivity index (χ0n) is 13.4. The Bertz CT molecular complexity index is 924. The van der Waals surface area contributed by atoms with E-state index in [1.165, 1.54) is 23.4 Å². The second-order valence-electron chi connectivity index (χ2n) is 5.90. The van der Waals surface area contributed by atoms with Crippen molar-refractivity contribution in [1.29, 1.82) is 0 Å². The lowest BCUT2D eigenvalue weighted by atomic mass is 10.2. The summed E-state index contributed by atoms with van der Waals surface area (Å²) in [5, 5.41) is 2.65. The van der Waals surface area contributed by atoms with Crippen molar-refractivity contribution in [3.63, 3.8) is 0 Å². The zero-order valence-corrected chi connectivity index (χ0v) is 13.4. The van der Waals surface area contributed by atoms with Crippen LogP contribution in [0, 0.1) is 5.82 Å². The van der Waals surface area contributed by atoms with Gasteiger partial charge in [-0.2, -0.15) is 0 Å². The highest BCUT2D eigenvalue weighted by Gasteiger charge is 2.20. The highest BCUT2D eigenvalue weighted by molar-refractivity contribution is 6.03. The van der Waals surface area contributed by atoms with Crippen molar-refractivity contribution in [2.24, 2.45) is 0 Å².